The third-order valence-electron chi connectivity index (χ3n) is 4.74. The van der Waals surface area contributed by atoms with Gasteiger partial charge in [-0.25, -0.2) is 0 Å². The summed E-state index contributed by atoms with van der Waals surface area (Å²) in [5.74, 6) is 0.0917. The molecule has 2 rings (SSSR count). The van der Waals surface area contributed by atoms with E-state index in [1.807, 2.05) is 38.1 Å². The molecule has 1 saturated heterocycles. The van der Waals surface area contributed by atoms with Gasteiger partial charge in [0.1, 0.15) is 0 Å². The summed E-state index contributed by atoms with van der Waals surface area (Å²) in [6.45, 7) is 7.18. The van der Waals surface area contributed by atoms with Gasteiger partial charge in [-0.15, -0.1) is 0 Å². The van der Waals surface area contributed by atoms with Crippen molar-refractivity contribution in [1.29, 1.82) is 0 Å². The molecule has 0 spiro atoms. The van der Waals surface area contributed by atoms with Crippen LogP contribution in [0.5, 0.6) is 0 Å². The molecule has 116 valence electrons. The Morgan fingerprint density at radius 2 is 1.95 bits per heavy atom. The molecule has 1 heterocycles. The monoisotopic (exact) mass is 289 g/mol. The number of hydrogen-bond donors (Lipinski definition) is 2. The highest BCUT2D eigenvalue weighted by atomic mass is 16.2. The number of piperidine rings is 1. The third-order valence-corrected chi connectivity index (χ3v) is 4.74. The molecule has 0 aliphatic carbocycles. The van der Waals surface area contributed by atoms with E-state index in [1.54, 1.807) is 0 Å². The smallest absolute Gasteiger partial charge is 0.230 e. The Morgan fingerprint density at radius 3 is 2.52 bits per heavy atom. The minimum Gasteiger partial charge on any atom is -0.399 e. The van der Waals surface area contributed by atoms with Gasteiger partial charge in [-0.3, -0.25) is 4.79 Å². The number of amides is 1. The molecule has 1 amide bonds. The molecule has 1 aromatic carbocycles. The lowest BCUT2D eigenvalue weighted by atomic mass is 9.83. The van der Waals surface area contributed by atoms with E-state index in [0.29, 0.717) is 6.04 Å². The number of likely N-dealkylation sites (tertiary alicyclic amines) is 1. The number of carbonyl (C=O) groups is 1. The van der Waals surface area contributed by atoms with Crippen molar-refractivity contribution in [2.45, 2.75) is 51.1 Å². The Kier molecular flexibility index (Phi) is 4.57. The minimum atomic E-state index is -0.541. The Hall–Kier alpha value is -1.55. The van der Waals surface area contributed by atoms with Gasteiger partial charge >= 0.3 is 0 Å². The minimum absolute atomic E-state index is 0.0917. The van der Waals surface area contributed by atoms with Gasteiger partial charge in [-0.05, 0) is 58.4 Å². The van der Waals surface area contributed by atoms with E-state index in [2.05, 4.69) is 24.2 Å². The zero-order chi connectivity index (χ0) is 15.6. The predicted octanol–water partition coefficient (Wildman–Crippen LogP) is 2.15. The highest BCUT2D eigenvalue weighted by Gasteiger charge is 2.32. The van der Waals surface area contributed by atoms with E-state index in [-0.39, 0.29) is 11.9 Å². The van der Waals surface area contributed by atoms with Crippen LogP contribution in [0.25, 0.3) is 0 Å². The number of carbonyl (C=O) groups excluding carboxylic acids is 1. The molecule has 0 radical (unpaired) electrons. The Labute approximate surface area is 127 Å². The second-order valence-corrected chi connectivity index (χ2v) is 6.77. The Morgan fingerprint density at radius 1 is 1.33 bits per heavy atom. The molecular formula is C17H27N3O. The van der Waals surface area contributed by atoms with Crippen molar-refractivity contribution in [3.05, 3.63) is 29.8 Å². The Bertz CT molecular complexity index is 495. The molecule has 1 aliphatic heterocycles. The first-order valence-electron chi connectivity index (χ1n) is 7.68. The zero-order valence-corrected chi connectivity index (χ0v) is 13.5. The van der Waals surface area contributed by atoms with E-state index in [9.17, 15) is 4.79 Å². The van der Waals surface area contributed by atoms with Crippen LogP contribution >= 0.6 is 0 Å². The first-order valence-corrected chi connectivity index (χ1v) is 7.68. The molecule has 4 nitrogen and oxygen atoms in total. The van der Waals surface area contributed by atoms with E-state index in [0.717, 1.165) is 30.6 Å². The third kappa shape index (κ3) is 3.56. The lowest BCUT2D eigenvalue weighted by molar-refractivity contribution is -0.126. The number of nitrogens with two attached hydrogens (primary N) is 1. The maximum atomic E-state index is 12.7. The molecule has 0 saturated carbocycles. The standard InChI is InChI=1S/C17H27N3O/c1-12-11-15(9-10-20(12)4)19-16(21)17(2,3)13-5-7-14(18)8-6-13/h5-8,12,15H,9-11,18H2,1-4H3,(H,19,21). The molecule has 3 N–H and O–H groups in total. The molecular weight excluding hydrogens is 262 g/mol. The van der Waals surface area contributed by atoms with Gasteiger partial charge in [-0.2, -0.15) is 0 Å². The number of nitrogens with zero attached hydrogens (tertiary/aromatic N) is 1. The second kappa shape index (κ2) is 6.06. The van der Waals surface area contributed by atoms with Crippen LogP contribution in [0.2, 0.25) is 0 Å². The van der Waals surface area contributed by atoms with Crippen molar-refractivity contribution < 1.29 is 4.79 Å². The maximum Gasteiger partial charge on any atom is 0.230 e. The van der Waals surface area contributed by atoms with Gasteiger partial charge in [0.2, 0.25) is 5.91 Å². The van der Waals surface area contributed by atoms with E-state index in [4.69, 9.17) is 5.73 Å². The van der Waals surface area contributed by atoms with Crippen LogP contribution < -0.4 is 11.1 Å². The van der Waals surface area contributed by atoms with Gasteiger partial charge in [0.25, 0.3) is 0 Å². The molecule has 1 fully saturated rings. The van der Waals surface area contributed by atoms with Crippen molar-refractivity contribution in [3.63, 3.8) is 0 Å². The van der Waals surface area contributed by atoms with Crippen LogP contribution in [0.3, 0.4) is 0 Å². The first kappa shape index (κ1) is 15.8. The van der Waals surface area contributed by atoms with Gasteiger partial charge in [0.05, 0.1) is 5.41 Å². The lowest BCUT2D eigenvalue weighted by Crippen LogP contribution is -2.51. The summed E-state index contributed by atoms with van der Waals surface area (Å²) in [5.41, 5.74) is 6.89. The summed E-state index contributed by atoms with van der Waals surface area (Å²) in [6.07, 6.45) is 2.03. The van der Waals surface area contributed by atoms with E-state index in [1.165, 1.54) is 0 Å². The fourth-order valence-electron chi connectivity index (χ4n) is 2.82. The average Bonchev–Trinajstić information content (AvgIpc) is 2.43. The molecule has 2 unspecified atom stereocenters. The molecule has 4 heteroatoms. The summed E-state index contributed by atoms with van der Waals surface area (Å²) in [5, 5.41) is 3.23. The number of benzene rings is 1. The van der Waals surface area contributed by atoms with Crippen LogP contribution in [0, 0.1) is 0 Å². The van der Waals surface area contributed by atoms with Crippen molar-refractivity contribution >= 4 is 11.6 Å². The summed E-state index contributed by atoms with van der Waals surface area (Å²) >= 11 is 0. The second-order valence-electron chi connectivity index (χ2n) is 6.77. The topological polar surface area (TPSA) is 58.4 Å². The predicted molar refractivity (Wildman–Crippen MR) is 87.1 cm³/mol. The van der Waals surface area contributed by atoms with Gasteiger partial charge < -0.3 is 16.0 Å². The molecule has 2 atom stereocenters. The van der Waals surface area contributed by atoms with Crippen molar-refractivity contribution in [2.24, 2.45) is 0 Å². The van der Waals surface area contributed by atoms with E-state index < -0.39 is 5.41 Å². The van der Waals surface area contributed by atoms with Gasteiger partial charge in [0, 0.05) is 24.3 Å². The molecule has 1 aliphatic rings. The number of hydrogen-bond acceptors (Lipinski definition) is 3. The lowest BCUT2D eigenvalue weighted by Gasteiger charge is -2.37. The number of rotatable bonds is 3. The largest absolute Gasteiger partial charge is 0.399 e. The highest BCUT2D eigenvalue weighted by molar-refractivity contribution is 5.87. The van der Waals surface area contributed by atoms with Crippen LogP contribution in [0.15, 0.2) is 24.3 Å². The van der Waals surface area contributed by atoms with Crippen molar-refractivity contribution in [2.75, 3.05) is 19.3 Å². The summed E-state index contributed by atoms with van der Waals surface area (Å²) in [7, 11) is 2.14. The number of nitrogen functional groups attached to an aromatic ring is 1. The Balaban J connectivity index is 2.03. The normalized spacial score (nSPS) is 23.8. The quantitative estimate of drug-likeness (QED) is 0.838. The van der Waals surface area contributed by atoms with Gasteiger partial charge in [-0.1, -0.05) is 12.1 Å². The van der Waals surface area contributed by atoms with Crippen molar-refractivity contribution in [3.8, 4) is 0 Å². The molecule has 0 aromatic heterocycles. The van der Waals surface area contributed by atoms with Gasteiger partial charge in [0.15, 0.2) is 0 Å². The fraction of sp³-hybridized carbons (Fsp3) is 0.588. The number of nitrogens with one attached hydrogen (secondary N) is 1. The average molecular weight is 289 g/mol. The highest BCUT2D eigenvalue weighted by Crippen LogP contribution is 2.25. The van der Waals surface area contributed by atoms with E-state index >= 15 is 0 Å². The molecule has 21 heavy (non-hydrogen) atoms. The molecule has 1 aromatic rings. The van der Waals surface area contributed by atoms with Crippen LogP contribution in [0.1, 0.15) is 39.2 Å². The van der Waals surface area contributed by atoms with Crippen LogP contribution in [-0.2, 0) is 10.2 Å². The van der Waals surface area contributed by atoms with Crippen LogP contribution in [0.4, 0.5) is 5.69 Å². The zero-order valence-electron chi connectivity index (χ0n) is 13.5. The number of anilines is 1. The summed E-state index contributed by atoms with van der Waals surface area (Å²) in [4.78, 5) is 15.0. The maximum absolute atomic E-state index is 12.7. The summed E-state index contributed by atoms with van der Waals surface area (Å²) < 4.78 is 0. The fourth-order valence-corrected chi connectivity index (χ4v) is 2.82. The molecule has 0 bridgehead atoms. The summed E-state index contributed by atoms with van der Waals surface area (Å²) in [6, 6.07) is 8.36. The first-order chi connectivity index (χ1) is 9.80. The van der Waals surface area contributed by atoms with Crippen molar-refractivity contribution in [1.82, 2.24) is 10.2 Å². The SMILES string of the molecule is CC1CC(NC(=O)C(C)(C)c2ccc(N)cc2)CCN1C. The van der Waals surface area contributed by atoms with Crippen LogP contribution in [-0.4, -0.2) is 36.5 Å².